The van der Waals surface area contributed by atoms with E-state index in [0.29, 0.717) is 6.54 Å². The van der Waals surface area contributed by atoms with Crippen molar-refractivity contribution in [1.82, 2.24) is 5.32 Å². The van der Waals surface area contributed by atoms with Gasteiger partial charge >= 0.3 is 6.18 Å². The van der Waals surface area contributed by atoms with E-state index in [1.54, 1.807) is 0 Å². The molecule has 0 saturated heterocycles. The molecule has 0 aliphatic heterocycles. The Hall–Kier alpha value is -0.550. The molecule has 0 amide bonds. The summed E-state index contributed by atoms with van der Waals surface area (Å²) in [5, 5.41) is 3.03. The van der Waals surface area contributed by atoms with E-state index in [-0.39, 0.29) is 12.6 Å². The molecule has 15 heavy (non-hydrogen) atoms. The van der Waals surface area contributed by atoms with Crippen molar-refractivity contribution in [3.63, 3.8) is 0 Å². The minimum Gasteiger partial charge on any atom is -0.370 e. The van der Waals surface area contributed by atoms with Crippen molar-refractivity contribution < 1.29 is 17.9 Å². The van der Waals surface area contributed by atoms with E-state index in [1.807, 2.05) is 26.8 Å². The van der Waals surface area contributed by atoms with Crippen molar-refractivity contribution in [1.29, 1.82) is 0 Å². The fraction of sp³-hybridized carbons (Fsp3) is 0.800. The fourth-order valence-corrected chi connectivity index (χ4v) is 1.13. The van der Waals surface area contributed by atoms with E-state index in [2.05, 4.69) is 10.1 Å². The number of likely N-dealkylation sites (N-methyl/N-ethyl adjacent to an activating group) is 1. The molecule has 0 heterocycles. The van der Waals surface area contributed by atoms with Crippen LogP contribution < -0.4 is 5.32 Å². The number of alkyl halides is 3. The Morgan fingerprint density at radius 3 is 2.40 bits per heavy atom. The minimum absolute atomic E-state index is 0.0402. The Morgan fingerprint density at radius 1 is 1.40 bits per heavy atom. The van der Waals surface area contributed by atoms with Gasteiger partial charge in [0.25, 0.3) is 0 Å². The van der Waals surface area contributed by atoms with E-state index in [9.17, 15) is 13.2 Å². The first-order chi connectivity index (χ1) is 6.85. The summed E-state index contributed by atoms with van der Waals surface area (Å²) in [6.07, 6.45) is -2.39. The lowest BCUT2D eigenvalue weighted by molar-refractivity contribution is -0.174. The van der Waals surface area contributed by atoms with Crippen molar-refractivity contribution in [3.8, 4) is 0 Å². The van der Waals surface area contributed by atoms with Crippen molar-refractivity contribution in [3.05, 3.63) is 11.6 Å². The van der Waals surface area contributed by atoms with Gasteiger partial charge in [-0.05, 0) is 20.4 Å². The van der Waals surface area contributed by atoms with Crippen LogP contribution in [0.25, 0.3) is 0 Å². The van der Waals surface area contributed by atoms with E-state index >= 15 is 0 Å². The van der Waals surface area contributed by atoms with Crippen molar-refractivity contribution in [2.75, 3.05) is 19.8 Å². The third kappa shape index (κ3) is 9.75. The average molecular weight is 225 g/mol. The maximum absolute atomic E-state index is 11.8. The topological polar surface area (TPSA) is 21.3 Å². The Morgan fingerprint density at radius 2 is 2.00 bits per heavy atom. The van der Waals surface area contributed by atoms with Crippen LogP contribution in [-0.2, 0) is 4.74 Å². The van der Waals surface area contributed by atoms with Gasteiger partial charge in [0.05, 0.1) is 6.61 Å². The highest BCUT2D eigenvalue weighted by atomic mass is 19.4. The van der Waals surface area contributed by atoms with Gasteiger partial charge < -0.3 is 10.1 Å². The monoisotopic (exact) mass is 225 g/mol. The van der Waals surface area contributed by atoms with Crippen LogP contribution in [0, 0.1) is 0 Å². The predicted octanol–water partition coefficient (Wildman–Crippen LogP) is 2.51. The summed E-state index contributed by atoms with van der Waals surface area (Å²) in [4.78, 5) is 0. The van der Waals surface area contributed by atoms with Crippen molar-refractivity contribution in [2.24, 2.45) is 0 Å². The van der Waals surface area contributed by atoms with E-state index in [0.717, 1.165) is 5.57 Å². The Balaban J connectivity index is 3.92. The smallest absolute Gasteiger partial charge is 0.370 e. The first kappa shape index (κ1) is 14.5. The fourth-order valence-electron chi connectivity index (χ4n) is 1.13. The van der Waals surface area contributed by atoms with Crippen LogP contribution in [0.4, 0.5) is 13.2 Å². The normalized spacial score (nSPS) is 13.7. The molecule has 5 heteroatoms. The Bertz CT molecular complexity index is 197. The Kier molecular flexibility index (Phi) is 6.60. The van der Waals surface area contributed by atoms with Crippen LogP contribution in [0.2, 0.25) is 0 Å². The zero-order valence-corrected chi connectivity index (χ0v) is 9.32. The third-order valence-electron chi connectivity index (χ3n) is 1.56. The second-order valence-corrected chi connectivity index (χ2v) is 3.54. The average Bonchev–Trinajstić information content (AvgIpc) is 2.00. The van der Waals surface area contributed by atoms with Crippen LogP contribution in [0.15, 0.2) is 11.6 Å². The Labute approximate surface area is 88.5 Å². The summed E-state index contributed by atoms with van der Waals surface area (Å²) in [5.74, 6) is 0. The molecule has 0 aromatic heterocycles. The molecular formula is C10H18F3NO. The molecule has 0 aromatic carbocycles. The molecule has 1 atom stereocenters. The van der Waals surface area contributed by atoms with Gasteiger partial charge in [0.15, 0.2) is 0 Å². The highest BCUT2D eigenvalue weighted by Crippen LogP contribution is 2.14. The van der Waals surface area contributed by atoms with Gasteiger partial charge in [-0.2, -0.15) is 13.2 Å². The maximum Gasteiger partial charge on any atom is 0.411 e. The zero-order chi connectivity index (χ0) is 11.9. The molecule has 0 radical (unpaired) electrons. The summed E-state index contributed by atoms with van der Waals surface area (Å²) >= 11 is 0. The number of hydrogen-bond acceptors (Lipinski definition) is 2. The molecule has 0 rings (SSSR count). The molecule has 0 spiro atoms. The lowest BCUT2D eigenvalue weighted by Gasteiger charge is -2.15. The minimum atomic E-state index is -4.25. The second kappa shape index (κ2) is 6.85. The van der Waals surface area contributed by atoms with Crippen LogP contribution >= 0.6 is 0 Å². The molecule has 0 saturated carbocycles. The summed E-state index contributed by atoms with van der Waals surface area (Å²) in [7, 11) is 0. The van der Waals surface area contributed by atoms with Gasteiger partial charge in [-0.1, -0.05) is 18.6 Å². The van der Waals surface area contributed by atoms with E-state index < -0.39 is 12.8 Å². The molecule has 0 aliphatic rings. The van der Waals surface area contributed by atoms with Crippen molar-refractivity contribution in [2.45, 2.75) is 33.0 Å². The number of hydrogen-bond donors (Lipinski definition) is 1. The third-order valence-corrected chi connectivity index (χ3v) is 1.56. The number of ether oxygens (including phenoxy) is 1. The van der Waals surface area contributed by atoms with Gasteiger partial charge in [0, 0.05) is 6.04 Å². The number of allylic oxidation sites excluding steroid dienone is 1. The molecule has 2 nitrogen and oxygen atoms in total. The van der Waals surface area contributed by atoms with Crippen LogP contribution in [-0.4, -0.2) is 32.0 Å². The first-order valence-electron chi connectivity index (χ1n) is 4.88. The van der Waals surface area contributed by atoms with Crippen LogP contribution in [0.3, 0.4) is 0 Å². The van der Waals surface area contributed by atoms with E-state index in [1.165, 1.54) is 0 Å². The maximum atomic E-state index is 11.8. The highest BCUT2D eigenvalue weighted by Gasteiger charge is 2.27. The van der Waals surface area contributed by atoms with E-state index in [4.69, 9.17) is 0 Å². The van der Waals surface area contributed by atoms with Crippen molar-refractivity contribution >= 4 is 0 Å². The summed E-state index contributed by atoms with van der Waals surface area (Å²) in [6, 6.07) is -0.151. The van der Waals surface area contributed by atoms with Gasteiger partial charge in [0.2, 0.25) is 0 Å². The van der Waals surface area contributed by atoms with Gasteiger partial charge in [-0.15, -0.1) is 0 Å². The van der Waals surface area contributed by atoms with Gasteiger partial charge in [0.1, 0.15) is 6.61 Å². The first-order valence-corrected chi connectivity index (χ1v) is 4.88. The molecule has 1 unspecified atom stereocenters. The molecular weight excluding hydrogens is 207 g/mol. The van der Waals surface area contributed by atoms with Gasteiger partial charge in [-0.25, -0.2) is 0 Å². The predicted molar refractivity (Wildman–Crippen MR) is 53.8 cm³/mol. The largest absolute Gasteiger partial charge is 0.411 e. The molecule has 0 fully saturated rings. The van der Waals surface area contributed by atoms with Crippen LogP contribution in [0.1, 0.15) is 20.8 Å². The molecule has 0 bridgehead atoms. The number of rotatable bonds is 6. The molecule has 1 N–H and O–H groups in total. The molecule has 0 aliphatic carbocycles. The quantitative estimate of drug-likeness (QED) is 0.701. The molecule has 90 valence electrons. The SMILES string of the molecule is CCNC(C=C(C)C)COCC(F)(F)F. The van der Waals surface area contributed by atoms with Crippen LogP contribution in [0.5, 0.6) is 0 Å². The molecule has 0 aromatic rings. The number of halogens is 3. The lowest BCUT2D eigenvalue weighted by Crippen LogP contribution is -2.33. The lowest BCUT2D eigenvalue weighted by atomic mass is 10.2. The standard InChI is InChI=1S/C10H18F3NO/c1-4-14-9(5-8(2)3)6-15-7-10(11,12)13/h5,9,14H,4,6-7H2,1-3H3. The highest BCUT2D eigenvalue weighted by molar-refractivity contribution is 5.00. The second-order valence-electron chi connectivity index (χ2n) is 3.54. The number of nitrogens with one attached hydrogen (secondary N) is 1. The summed E-state index contributed by atoms with van der Waals surface area (Å²) in [6.45, 7) is 5.24. The summed E-state index contributed by atoms with van der Waals surface area (Å²) in [5.41, 5.74) is 1.05. The zero-order valence-electron chi connectivity index (χ0n) is 9.32. The van der Waals surface area contributed by atoms with Gasteiger partial charge in [-0.3, -0.25) is 0 Å². The summed E-state index contributed by atoms with van der Waals surface area (Å²) < 4.78 is 40.0.